The second kappa shape index (κ2) is 7.91. The Hall–Kier alpha value is -3.53. The van der Waals surface area contributed by atoms with E-state index < -0.39 is 27.1 Å². The van der Waals surface area contributed by atoms with Crippen molar-refractivity contribution in [3.05, 3.63) is 38.4 Å². The van der Waals surface area contributed by atoms with E-state index in [9.17, 15) is 20.2 Å². The van der Waals surface area contributed by atoms with E-state index >= 15 is 0 Å². The summed E-state index contributed by atoms with van der Waals surface area (Å²) >= 11 is 0. The van der Waals surface area contributed by atoms with Gasteiger partial charge < -0.3 is 0 Å². The Kier molecular flexibility index (Phi) is 5.94. The van der Waals surface area contributed by atoms with Gasteiger partial charge in [0, 0.05) is 31.0 Å². The van der Waals surface area contributed by atoms with Crippen LogP contribution in [0.2, 0.25) is 0 Å². The van der Waals surface area contributed by atoms with Crippen molar-refractivity contribution in [1.29, 1.82) is 10.5 Å². The molecule has 10 nitrogen and oxygen atoms in total. The molecule has 0 heterocycles. The number of non-ortho nitro benzene ring substituents is 1. The summed E-state index contributed by atoms with van der Waals surface area (Å²) in [4.78, 5) is 20.0. The molecule has 0 saturated heterocycles. The van der Waals surface area contributed by atoms with Crippen LogP contribution in [0.4, 0.5) is 17.1 Å². The molecule has 0 saturated carbocycles. The van der Waals surface area contributed by atoms with Crippen LogP contribution in [0.15, 0.2) is 23.3 Å². The second-order valence-electron chi connectivity index (χ2n) is 4.09. The Bertz CT molecular complexity index is 672. The zero-order chi connectivity index (χ0) is 16.5. The van der Waals surface area contributed by atoms with Crippen LogP contribution in [0.1, 0.15) is 12.8 Å². The van der Waals surface area contributed by atoms with Crippen molar-refractivity contribution in [2.24, 2.45) is 11.0 Å². The van der Waals surface area contributed by atoms with Crippen molar-refractivity contribution in [1.82, 2.24) is 0 Å². The van der Waals surface area contributed by atoms with Crippen LogP contribution in [0, 0.1) is 48.8 Å². The van der Waals surface area contributed by atoms with Gasteiger partial charge in [0.25, 0.3) is 5.69 Å². The lowest BCUT2D eigenvalue weighted by Crippen LogP contribution is -2.03. The van der Waals surface area contributed by atoms with Gasteiger partial charge in [-0.1, -0.05) is 0 Å². The van der Waals surface area contributed by atoms with Crippen molar-refractivity contribution < 1.29 is 9.85 Å². The van der Waals surface area contributed by atoms with E-state index in [1.807, 2.05) is 12.1 Å². The summed E-state index contributed by atoms with van der Waals surface area (Å²) in [5.41, 5.74) is 1.46. The SMILES string of the molecule is N#CCC(C=NNc1ccc([N+](=O)[O-])cc1[N+](=O)[O-])CC#N. The molecule has 0 radical (unpaired) electrons. The molecular weight excluding hydrogens is 292 g/mol. The van der Waals surface area contributed by atoms with Gasteiger partial charge >= 0.3 is 5.69 Å². The third-order valence-corrected chi connectivity index (χ3v) is 2.57. The molecule has 0 unspecified atom stereocenters. The first kappa shape index (κ1) is 16.5. The van der Waals surface area contributed by atoms with E-state index in [1.54, 1.807) is 0 Å². The smallest absolute Gasteiger partial charge is 0.272 e. The molecule has 1 aromatic rings. The summed E-state index contributed by atoms with van der Waals surface area (Å²) in [6.45, 7) is 0. The van der Waals surface area contributed by atoms with Crippen molar-refractivity contribution in [2.45, 2.75) is 12.8 Å². The lowest BCUT2D eigenvalue weighted by atomic mass is 10.1. The van der Waals surface area contributed by atoms with Gasteiger partial charge in [0.1, 0.15) is 5.69 Å². The lowest BCUT2D eigenvalue weighted by molar-refractivity contribution is -0.393. The Morgan fingerprint density at radius 2 is 1.86 bits per heavy atom. The predicted molar refractivity (Wildman–Crippen MR) is 75.8 cm³/mol. The first-order chi connectivity index (χ1) is 10.5. The molecule has 0 amide bonds. The van der Waals surface area contributed by atoms with E-state index in [0.717, 1.165) is 18.2 Å². The third kappa shape index (κ3) is 4.54. The first-order valence-corrected chi connectivity index (χ1v) is 5.95. The lowest BCUT2D eigenvalue weighted by Gasteiger charge is -2.04. The van der Waals surface area contributed by atoms with Crippen molar-refractivity contribution in [3.8, 4) is 12.1 Å². The molecular formula is C12H10N6O4. The van der Waals surface area contributed by atoms with Gasteiger partial charge in [0.05, 0.1) is 28.1 Å². The van der Waals surface area contributed by atoms with Gasteiger partial charge in [0.2, 0.25) is 0 Å². The molecule has 1 N–H and O–H groups in total. The zero-order valence-electron chi connectivity index (χ0n) is 11.2. The molecule has 0 aliphatic rings. The summed E-state index contributed by atoms with van der Waals surface area (Å²) in [7, 11) is 0. The molecule has 0 bridgehead atoms. The fraction of sp³-hybridized carbons (Fsp3) is 0.250. The van der Waals surface area contributed by atoms with Gasteiger partial charge in [0.15, 0.2) is 0 Å². The minimum Gasteiger partial charge on any atom is -0.272 e. The second-order valence-corrected chi connectivity index (χ2v) is 4.09. The highest BCUT2D eigenvalue weighted by atomic mass is 16.6. The van der Waals surface area contributed by atoms with E-state index in [0.29, 0.717) is 0 Å². The standard InChI is InChI=1S/C12H10N6O4/c13-5-3-9(4-6-14)8-15-16-11-2-1-10(17(19)20)7-12(11)18(21)22/h1-2,7-9,16H,3-4H2. The topological polar surface area (TPSA) is 158 Å². The molecule has 0 fully saturated rings. The quantitative estimate of drug-likeness (QED) is 0.459. The average Bonchev–Trinajstić information content (AvgIpc) is 2.47. The van der Waals surface area contributed by atoms with Gasteiger partial charge in [-0.3, -0.25) is 25.7 Å². The summed E-state index contributed by atoms with van der Waals surface area (Å²) in [6.07, 6.45) is 1.47. The van der Waals surface area contributed by atoms with E-state index in [2.05, 4.69) is 10.5 Å². The normalized spacial score (nSPS) is 10.1. The predicted octanol–water partition coefficient (Wildman–Crippen LogP) is 2.34. The van der Waals surface area contributed by atoms with Crippen molar-refractivity contribution in [2.75, 3.05) is 5.43 Å². The Balaban J connectivity index is 2.94. The highest BCUT2D eigenvalue weighted by Crippen LogP contribution is 2.28. The fourth-order valence-corrected chi connectivity index (χ4v) is 1.50. The number of hydrogen-bond donors (Lipinski definition) is 1. The molecule has 22 heavy (non-hydrogen) atoms. The number of benzene rings is 1. The molecule has 0 aromatic heterocycles. The average molecular weight is 302 g/mol. The Morgan fingerprint density at radius 1 is 1.23 bits per heavy atom. The van der Waals surface area contributed by atoms with Gasteiger partial charge in [-0.25, -0.2) is 0 Å². The van der Waals surface area contributed by atoms with Gasteiger partial charge in [-0.15, -0.1) is 0 Å². The number of nitro benzene ring substituents is 2. The van der Waals surface area contributed by atoms with Crippen LogP contribution in [0.3, 0.4) is 0 Å². The summed E-state index contributed by atoms with van der Waals surface area (Å²) < 4.78 is 0. The van der Waals surface area contributed by atoms with E-state index in [1.165, 1.54) is 6.21 Å². The number of rotatable bonds is 7. The number of hydrogen-bond acceptors (Lipinski definition) is 8. The number of anilines is 1. The number of nitriles is 2. The molecule has 0 atom stereocenters. The first-order valence-electron chi connectivity index (χ1n) is 5.95. The maximum Gasteiger partial charge on any atom is 0.301 e. The third-order valence-electron chi connectivity index (χ3n) is 2.57. The van der Waals surface area contributed by atoms with Crippen LogP contribution in [-0.4, -0.2) is 16.1 Å². The van der Waals surface area contributed by atoms with Crippen molar-refractivity contribution >= 4 is 23.3 Å². The maximum absolute atomic E-state index is 10.9. The molecule has 0 aliphatic heterocycles. The Morgan fingerprint density at radius 3 is 2.36 bits per heavy atom. The number of hydrazone groups is 1. The molecule has 1 rings (SSSR count). The van der Waals surface area contributed by atoms with Gasteiger partial charge in [-0.2, -0.15) is 15.6 Å². The molecule has 112 valence electrons. The highest BCUT2D eigenvalue weighted by Gasteiger charge is 2.19. The monoisotopic (exact) mass is 302 g/mol. The molecule has 1 aromatic carbocycles. The maximum atomic E-state index is 10.9. The summed E-state index contributed by atoms with van der Waals surface area (Å²) in [6, 6.07) is 6.88. The largest absolute Gasteiger partial charge is 0.301 e. The number of nitrogens with one attached hydrogen (secondary N) is 1. The minimum absolute atomic E-state index is 0.0282. The van der Waals surface area contributed by atoms with Crippen LogP contribution in [0.5, 0.6) is 0 Å². The molecule has 10 heteroatoms. The fourth-order valence-electron chi connectivity index (χ4n) is 1.50. The van der Waals surface area contributed by atoms with E-state index in [-0.39, 0.29) is 18.5 Å². The Labute approximate surface area is 124 Å². The summed E-state index contributed by atoms with van der Waals surface area (Å²) in [5, 5.41) is 42.4. The zero-order valence-corrected chi connectivity index (χ0v) is 11.2. The van der Waals surface area contributed by atoms with Crippen molar-refractivity contribution in [3.63, 3.8) is 0 Å². The molecule has 0 aliphatic carbocycles. The van der Waals surface area contributed by atoms with Crippen LogP contribution < -0.4 is 5.43 Å². The van der Waals surface area contributed by atoms with E-state index in [4.69, 9.17) is 10.5 Å². The molecule has 0 spiro atoms. The highest BCUT2D eigenvalue weighted by molar-refractivity contribution is 5.68. The summed E-state index contributed by atoms with van der Waals surface area (Å²) in [5.74, 6) is -0.403. The van der Waals surface area contributed by atoms with Crippen LogP contribution >= 0.6 is 0 Å². The number of nitrogens with zero attached hydrogens (tertiary/aromatic N) is 5. The van der Waals surface area contributed by atoms with Gasteiger partial charge in [-0.05, 0) is 6.07 Å². The minimum atomic E-state index is -0.771. The van der Waals surface area contributed by atoms with Crippen LogP contribution in [0.25, 0.3) is 0 Å². The van der Waals surface area contributed by atoms with Crippen LogP contribution in [-0.2, 0) is 0 Å². The number of nitro groups is 2.